The topological polar surface area (TPSA) is 76.2 Å². The van der Waals surface area contributed by atoms with Crippen molar-refractivity contribution < 1.29 is 14.4 Å². The van der Waals surface area contributed by atoms with E-state index in [1.54, 1.807) is 6.07 Å². The molecule has 0 spiro atoms. The summed E-state index contributed by atoms with van der Waals surface area (Å²) in [7, 11) is 0. The highest BCUT2D eigenvalue weighted by Crippen LogP contribution is 2.29. The van der Waals surface area contributed by atoms with Gasteiger partial charge in [-0.05, 0) is 18.2 Å². The molecule has 2 aromatic rings. The number of hydrogen-bond acceptors (Lipinski definition) is 4. The van der Waals surface area contributed by atoms with Crippen molar-refractivity contribution in [2.45, 2.75) is 26.2 Å². The molecule has 1 aromatic carbocycles. The van der Waals surface area contributed by atoms with Crippen LogP contribution < -0.4 is 0 Å². The largest absolute Gasteiger partial charge is 0.478 e. The van der Waals surface area contributed by atoms with Crippen molar-refractivity contribution in [2.24, 2.45) is 0 Å². The molecule has 0 bridgehead atoms. The van der Waals surface area contributed by atoms with Crippen molar-refractivity contribution >= 4 is 17.6 Å². The third-order valence-electron chi connectivity index (χ3n) is 2.52. The fraction of sp³-hybridized carbons (Fsp3) is 0.308. The first kappa shape index (κ1) is 13.5. The van der Waals surface area contributed by atoms with Gasteiger partial charge < -0.3 is 9.63 Å². The van der Waals surface area contributed by atoms with Crippen LogP contribution in [0, 0.1) is 0 Å². The highest BCUT2D eigenvalue weighted by Gasteiger charge is 2.23. The Labute approximate surface area is 115 Å². The van der Waals surface area contributed by atoms with E-state index in [1.807, 2.05) is 20.8 Å². The van der Waals surface area contributed by atoms with Gasteiger partial charge in [0.1, 0.15) is 0 Å². The molecule has 100 valence electrons. The Bertz CT molecular complexity index is 629. The summed E-state index contributed by atoms with van der Waals surface area (Å²) in [5.41, 5.74) is 0.415. The van der Waals surface area contributed by atoms with Gasteiger partial charge in [0.05, 0.1) is 10.6 Å². The Morgan fingerprint density at radius 1 is 1.37 bits per heavy atom. The minimum atomic E-state index is -1.03. The van der Waals surface area contributed by atoms with Crippen molar-refractivity contribution in [1.82, 2.24) is 10.1 Å². The van der Waals surface area contributed by atoms with E-state index >= 15 is 0 Å². The van der Waals surface area contributed by atoms with E-state index < -0.39 is 5.97 Å². The molecule has 5 nitrogen and oxygen atoms in total. The minimum absolute atomic E-state index is 0.119. The first-order valence-corrected chi connectivity index (χ1v) is 6.04. The molecule has 0 fully saturated rings. The number of nitrogens with zero attached hydrogens (tertiary/aromatic N) is 2. The Morgan fingerprint density at radius 2 is 2.05 bits per heavy atom. The van der Waals surface area contributed by atoms with E-state index in [4.69, 9.17) is 21.2 Å². The van der Waals surface area contributed by atoms with Crippen LogP contribution in [-0.2, 0) is 5.41 Å². The second-order valence-corrected chi connectivity index (χ2v) is 5.58. The fourth-order valence-electron chi connectivity index (χ4n) is 1.47. The second kappa shape index (κ2) is 4.66. The highest BCUT2D eigenvalue weighted by molar-refractivity contribution is 6.33. The average molecular weight is 281 g/mol. The number of rotatable bonds is 2. The molecule has 0 saturated carbocycles. The van der Waals surface area contributed by atoms with Crippen LogP contribution in [0.15, 0.2) is 22.7 Å². The van der Waals surface area contributed by atoms with E-state index in [1.165, 1.54) is 12.1 Å². The Balaban J connectivity index is 2.43. The summed E-state index contributed by atoms with van der Waals surface area (Å²) in [6.07, 6.45) is 0. The van der Waals surface area contributed by atoms with E-state index in [-0.39, 0.29) is 16.0 Å². The van der Waals surface area contributed by atoms with Crippen LogP contribution in [0.25, 0.3) is 11.4 Å². The third-order valence-corrected chi connectivity index (χ3v) is 2.84. The zero-order chi connectivity index (χ0) is 14.2. The second-order valence-electron chi connectivity index (χ2n) is 5.17. The third kappa shape index (κ3) is 2.76. The van der Waals surface area contributed by atoms with Crippen LogP contribution in [0.3, 0.4) is 0 Å². The lowest BCUT2D eigenvalue weighted by atomic mass is 9.97. The summed E-state index contributed by atoms with van der Waals surface area (Å²) in [6, 6.07) is 4.39. The van der Waals surface area contributed by atoms with Gasteiger partial charge in [-0.15, -0.1) is 0 Å². The Hall–Kier alpha value is -1.88. The Morgan fingerprint density at radius 3 is 2.53 bits per heavy atom. The molecule has 1 heterocycles. The minimum Gasteiger partial charge on any atom is -0.478 e. The van der Waals surface area contributed by atoms with Crippen LogP contribution in [0.2, 0.25) is 5.02 Å². The van der Waals surface area contributed by atoms with E-state index in [0.29, 0.717) is 17.3 Å². The summed E-state index contributed by atoms with van der Waals surface area (Å²) >= 11 is 6.05. The van der Waals surface area contributed by atoms with Gasteiger partial charge in [0.2, 0.25) is 11.7 Å². The maximum Gasteiger partial charge on any atom is 0.335 e. The molecular weight excluding hydrogens is 268 g/mol. The number of carbonyl (C=O) groups is 1. The van der Waals surface area contributed by atoms with Gasteiger partial charge in [0.15, 0.2) is 0 Å². The molecule has 0 unspecified atom stereocenters. The van der Waals surface area contributed by atoms with Crippen molar-refractivity contribution in [2.75, 3.05) is 0 Å². The standard InChI is InChI=1S/C13H13ClN2O3/c1-13(2,3)12-15-10(16-19-12)8-5-4-7(11(17)18)6-9(8)14/h4-6H,1-3H3,(H,17,18). The van der Waals surface area contributed by atoms with Crippen molar-refractivity contribution in [3.63, 3.8) is 0 Å². The maximum atomic E-state index is 10.8. The molecular formula is C13H13ClN2O3. The number of hydrogen-bond donors (Lipinski definition) is 1. The van der Waals surface area contributed by atoms with Crippen molar-refractivity contribution in [3.05, 3.63) is 34.7 Å². The summed E-state index contributed by atoms with van der Waals surface area (Å²) < 4.78 is 5.18. The van der Waals surface area contributed by atoms with Crippen LogP contribution in [0.4, 0.5) is 0 Å². The van der Waals surface area contributed by atoms with Gasteiger partial charge in [0.25, 0.3) is 0 Å². The summed E-state index contributed by atoms with van der Waals surface area (Å²) in [6.45, 7) is 5.87. The van der Waals surface area contributed by atoms with Crippen molar-refractivity contribution in [1.29, 1.82) is 0 Å². The summed E-state index contributed by atoms with van der Waals surface area (Å²) in [5.74, 6) is -0.176. The predicted octanol–water partition coefficient (Wildman–Crippen LogP) is 3.39. The number of carboxylic acid groups (broad SMARTS) is 1. The monoisotopic (exact) mass is 280 g/mol. The zero-order valence-electron chi connectivity index (χ0n) is 10.8. The van der Waals surface area contributed by atoms with Gasteiger partial charge in [0, 0.05) is 11.0 Å². The number of halogens is 1. The molecule has 1 N–H and O–H groups in total. The molecule has 1 aromatic heterocycles. The number of benzene rings is 1. The fourth-order valence-corrected chi connectivity index (χ4v) is 1.73. The average Bonchev–Trinajstić information content (AvgIpc) is 2.77. The molecule has 0 aliphatic carbocycles. The molecule has 0 saturated heterocycles. The zero-order valence-corrected chi connectivity index (χ0v) is 11.5. The van der Waals surface area contributed by atoms with E-state index in [0.717, 1.165) is 0 Å². The molecule has 2 rings (SSSR count). The first-order valence-electron chi connectivity index (χ1n) is 5.66. The lowest BCUT2D eigenvalue weighted by Gasteiger charge is -2.10. The van der Waals surface area contributed by atoms with E-state index in [9.17, 15) is 4.79 Å². The summed E-state index contributed by atoms with van der Waals surface area (Å²) in [4.78, 5) is 15.1. The lowest BCUT2D eigenvalue weighted by Crippen LogP contribution is -2.11. The van der Waals surface area contributed by atoms with Gasteiger partial charge in [-0.1, -0.05) is 37.5 Å². The smallest absolute Gasteiger partial charge is 0.335 e. The first-order chi connectivity index (χ1) is 8.79. The van der Waals surface area contributed by atoms with E-state index in [2.05, 4.69) is 10.1 Å². The quantitative estimate of drug-likeness (QED) is 0.912. The molecule has 0 amide bonds. The van der Waals surface area contributed by atoms with Gasteiger partial charge >= 0.3 is 5.97 Å². The molecule has 6 heteroatoms. The molecule has 0 aliphatic heterocycles. The lowest BCUT2D eigenvalue weighted by molar-refractivity contribution is 0.0697. The number of carboxylic acids is 1. The maximum absolute atomic E-state index is 10.8. The molecule has 19 heavy (non-hydrogen) atoms. The van der Waals surface area contributed by atoms with Gasteiger partial charge in [-0.2, -0.15) is 4.98 Å². The van der Waals surface area contributed by atoms with Crippen LogP contribution >= 0.6 is 11.6 Å². The van der Waals surface area contributed by atoms with Gasteiger partial charge in [-0.25, -0.2) is 4.79 Å². The normalized spacial score (nSPS) is 11.6. The van der Waals surface area contributed by atoms with Crippen LogP contribution in [-0.4, -0.2) is 21.2 Å². The molecule has 0 radical (unpaired) electrons. The highest BCUT2D eigenvalue weighted by atomic mass is 35.5. The molecule has 0 aliphatic rings. The SMILES string of the molecule is CC(C)(C)c1nc(-c2ccc(C(=O)O)cc2Cl)no1. The van der Waals surface area contributed by atoms with Gasteiger partial charge in [-0.3, -0.25) is 0 Å². The Kier molecular flexibility index (Phi) is 3.32. The van der Waals surface area contributed by atoms with Crippen LogP contribution in [0.1, 0.15) is 37.0 Å². The molecule has 0 atom stereocenters. The van der Waals surface area contributed by atoms with Crippen LogP contribution in [0.5, 0.6) is 0 Å². The van der Waals surface area contributed by atoms with Crippen molar-refractivity contribution in [3.8, 4) is 11.4 Å². The predicted molar refractivity (Wildman–Crippen MR) is 70.4 cm³/mol. The summed E-state index contributed by atoms with van der Waals surface area (Å²) in [5, 5.41) is 13.0. The number of aromatic carboxylic acids is 1. The number of aromatic nitrogens is 2.